The quantitative estimate of drug-likeness (QED) is 0.673. The number of hydrogen-bond acceptors (Lipinski definition) is 0. The lowest BCUT2D eigenvalue weighted by Gasteiger charge is -2.25. The van der Waals surface area contributed by atoms with Crippen LogP contribution < -0.4 is 0 Å². The Balaban J connectivity index is 3.24. The van der Waals surface area contributed by atoms with Gasteiger partial charge < -0.3 is 0 Å². The van der Waals surface area contributed by atoms with E-state index in [1.165, 1.54) is 5.56 Å². The molecule has 1 aromatic rings. The van der Waals surface area contributed by atoms with E-state index in [1.807, 2.05) is 0 Å². The summed E-state index contributed by atoms with van der Waals surface area (Å²) in [7, 11) is -2.38. The fourth-order valence-electron chi connectivity index (χ4n) is 1.78. The second kappa shape index (κ2) is 4.72. The first-order chi connectivity index (χ1) is 7.20. The minimum Gasteiger partial charge on any atom is -0.0951 e. The second-order valence-electron chi connectivity index (χ2n) is 6.54. The highest BCUT2D eigenvalue weighted by Crippen LogP contribution is 2.27. The van der Waals surface area contributed by atoms with E-state index in [2.05, 4.69) is 75.3 Å². The van der Waals surface area contributed by atoms with Crippen LogP contribution in [0, 0.1) is 0 Å². The lowest BCUT2D eigenvalue weighted by molar-refractivity contribution is 1.61. The van der Waals surface area contributed by atoms with Crippen molar-refractivity contribution in [2.24, 2.45) is 0 Å². The Kier molecular flexibility index (Phi) is 3.97. The average molecular weight is 249 g/mol. The van der Waals surface area contributed by atoms with E-state index >= 15 is 0 Å². The Labute approximate surface area is 102 Å². The largest absolute Gasteiger partial charge is 0.0951 e. The first-order valence-corrected chi connectivity index (χ1v) is 13.1. The Morgan fingerprint density at radius 1 is 0.875 bits per heavy atom. The number of hydrogen-bond donors (Lipinski definition) is 0. The van der Waals surface area contributed by atoms with Gasteiger partial charge in [-0.05, 0) is 5.56 Å². The Bertz CT molecular complexity index is 364. The van der Waals surface area contributed by atoms with Gasteiger partial charge in [-0.1, -0.05) is 80.5 Å². The smallest absolute Gasteiger partial charge is 0.0774 e. The van der Waals surface area contributed by atoms with Crippen LogP contribution >= 0.6 is 0 Å². The molecule has 1 rings (SSSR count). The molecule has 88 valence electrons. The standard InChI is InChI=1S/C14H24Si2/c1-15(2,3)12-14(16(4,5)6)13-10-8-7-9-11-13/h7-12H,1-6H3/b14-12+. The molecule has 0 heterocycles. The molecule has 0 nitrogen and oxygen atoms in total. The second-order valence-corrected chi connectivity index (χ2v) is 16.6. The summed E-state index contributed by atoms with van der Waals surface area (Å²) in [6.45, 7) is 14.5. The van der Waals surface area contributed by atoms with Gasteiger partial charge in [0.05, 0.1) is 16.1 Å². The van der Waals surface area contributed by atoms with Crippen molar-refractivity contribution in [2.75, 3.05) is 0 Å². The highest BCUT2D eigenvalue weighted by atomic mass is 28.3. The summed E-state index contributed by atoms with van der Waals surface area (Å²) in [6, 6.07) is 10.9. The van der Waals surface area contributed by atoms with Gasteiger partial charge in [0.1, 0.15) is 0 Å². The monoisotopic (exact) mass is 248 g/mol. The Hall–Kier alpha value is -0.606. The molecule has 0 aliphatic rings. The lowest BCUT2D eigenvalue weighted by atomic mass is 10.2. The molecule has 0 aliphatic heterocycles. The first-order valence-electron chi connectivity index (χ1n) is 5.99. The first kappa shape index (κ1) is 13.5. The van der Waals surface area contributed by atoms with Crippen molar-refractivity contribution in [1.82, 2.24) is 0 Å². The van der Waals surface area contributed by atoms with Gasteiger partial charge in [0.15, 0.2) is 0 Å². The van der Waals surface area contributed by atoms with Crippen molar-refractivity contribution in [3.8, 4) is 0 Å². The molecule has 0 N–H and O–H groups in total. The highest BCUT2D eigenvalue weighted by molar-refractivity contribution is 6.96. The zero-order valence-electron chi connectivity index (χ0n) is 11.5. The van der Waals surface area contributed by atoms with Crippen LogP contribution in [-0.2, 0) is 0 Å². The van der Waals surface area contributed by atoms with Gasteiger partial charge in [-0.25, -0.2) is 0 Å². The average Bonchev–Trinajstić information content (AvgIpc) is 2.13. The predicted molar refractivity (Wildman–Crippen MR) is 81.1 cm³/mol. The van der Waals surface area contributed by atoms with Crippen molar-refractivity contribution in [3.05, 3.63) is 41.6 Å². The molecule has 0 aromatic heterocycles. The molecule has 0 bridgehead atoms. The van der Waals surface area contributed by atoms with Crippen LogP contribution in [0.1, 0.15) is 5.56 Å². The van der Waals surface area contributed by atoms with Gasteiger partial charge in [0.25, 0.3) is 0 Å². The van der Waals surface area contributed by atoms with Gasteiger partial charge in [0, 0.05) is 0 Å². The topological polar surface area (TPSA) is 0 Å². The summed E-state index contributed by atoms with van der Waals surface area (Å²) < 4.78 is 0. The maximum absolute atomic E-state index is 2.59. The van der Waals surface area contributed by atoms with Gasteiger partial charge >= 0.3 is 0 Å². The summed E-state index contributed by atoms with van der Waals surface area (Å²) in [5.41, 5.74) is 4.03. The fourth-order valence-corrected chi connectivity index (χ4v) is 6.88. The molecular weight excluding hydrogens is 224 g/mol. The highest BCUT2D eigenvalue weighted by Gasteiger charge is 2.23. The van der Waals surface area contributed by atoms with Crippen molar-refractivity contribution < 1.29 is 0 Å². The molecule has 1 aromatic carbocycles. The molecule has 0 amide bonds. The fraction of sp³-hybridized carbons (Fsp3) is 0.429. The summed E-state index contributed by atoms with van der Waals surface area (Å²) in [4.78, 5) is 0. The minimum atomic E-state index is -1.24. The molecule has 16 heavy (non-hydrogen) atoms. The maximum atomic E-state index is 2.59. The third kappa shape index (κ3) is 4.10. The van der Waals surface area contributed by atoms with Crippen molar-refractivity contribution in [1.29, 1.82) is 0 Å². The van der Waals surface area contributed by atoms with Crippen LogP contribution in [0.3, 0.4) is 0 Å². The van der Waals surface area contributed by atoms with Crippen molar-refractivity contribution >= 4 is 21.3 Å². The van der Waals surface area contributed by atoms with E-state index < -0.39 is 16.1 Å². The van der Waals surface area contributed by atoms with E-state index in [0.717, 1.165) is 0 Å². The zero-order chi connectivity index (χ0) is 12.4. The van der Waals surface area contributed by atoms with Crippen LogP contribution in [0.15, 0.2) is 36.0 Å². The molecule has 0 fully saturated rings. The summed E-state index contributed by atoms with van der Waals surface area (Å²) in [5.74, 6) is 0. The van der Waals surface area contributed by atoms with Crippen LogP contribution in [0.2, 0.25) is 39.3 Å². The normalized spacial score (nSPS) is 14.0. The van der Waals surface area contributed by atoms with Crippen LogP contribution in [-0.4, -0.2) is 16.1 Å². The summed E-state index contributed by atoms with van der Waals surface area (Å²) in [6.07, 6.45) is 0. The van der Waals surface area contributed by atoms with Crippen LogP contribution in [0.25, 0.3) is 5.20 Å². The molecule has 0 aliphatic carbocycles. The third-order valence-electron chi connectivity index (χ3n) is 2.47. The van der Waals surface area contributed by atoms with Gasteiger partial charge in [0.2, 0.25) is 0 Å². The molecule has 0 saturated carbocycles. The number of rotatable bonds is 3. The Morgan fingerprint density at radius 2 is 1.38 bits per heavy atom. The van der Waals surface area contributed by atoms with E-state index in [9.17, 15) is 0 Å². The third-order valence-corrected chi connectivity index (χ3v) is 5.96. The molecule has 0 saturated heterocycles. The maximum Gasteiger partial charge on any atom is 0.0774 e. The van der Waals surface area contributed by atoms with Gasteiger partial charge in [-0.15, -0.1) is 0 Å². The van der Waals surface area contributed by atoms with Crippen LogP contribution in [0.5, 0.6) is 0 Å². The van der Waals surface area contributed by atoms with Crippen molar-refractivity contribution in [2.45, 2.75) is 39.3 Å². The molecule has 2 heteroatoms. The molecular formula is C14H24Si2. The molecule has 0 atom stereocenters. The van der Waals surface area contributed by atoms with E-state index in [0.29, 0.717) is 0 Å². The van der Waals surface area contributed by atoms with Gasteiger partial charge in [-0.3, -0.25) is 0 Å². The minimum absolute atomic E-state index is 1.14. The predicted octanol–water partition coefficient (Wildman–Crippen LogP) is 4.82. The molecule has 0 spiro atoms. The molecule has 0 radical (unpaired) electrons. The zero-order valence-corrected chi connectivity index (χ0v) is 13.5. The molecule has 0 unspecified atom stereocenters. The Morgan fingerprint density at radius 3 is 1.75 bits per heavy atom. The number of benzene rings is 1. The summed E-state index contributed by atoms with van der Waals surface area (Å²) in [5, 5.41) is 1.63. The van der Waals surface area contributed by atoms with Crippen molar-refractivity contribution in [3.63, 3.8) is 0 Å². The summed E-state index contributed by atoms with van der Waals surface area (Å²) >= 11 is 0. The lowest BCUT2D eigenvalue weighted by Crippen LogP contribution is -2.27. The van der Waals surface area contributed by atoms with E-state index in [-0.39, 0.29) is 0 Å². The van der Waals surface area contributed by atoms with Crippen LogP contribution in [0.4, 0.5) is 0 Å². The SMILES string of the molecule is C[Si](C)(C)/C=C(\c1ccccc1)[Si](C)(C)C. The van der Waals surface area contributed by atoms with Gasteiger partial charge in [-0.2, -0.15) is 0 Å². The van der Waals surface area contributed by atoms with E-state index in [4.69, 9.17) is 0 Å². The van der Waals surface area contributed by atoms with E-state index in [1.54, 1.807) is 5.20 Å².